The van der Waals surface area contributed by atoms with Crippen LogP contribution in [0.1, 0.15) is 25.5 Å². The maximum absolute atomic E-state index is 12.4. The highest BCUT2D eigenvalue weighted by Gasteiger charge is 2.39. The molecule has 0 bridgehead atoms. The smallest absolute Gasteiger partial charge is 0.379 e. The van der Waals surface area contributed by atoms with Crippen LogP contribution in [-0.2, 0) is 10.2 Å². The molecule has 0 amide bonds. The fraction of sp³-hybridized carbons (Fsp3) is 0.500. The molecule has 0 aliphatic rings. The van der Waals surface area contributed by atoms with Crippen LogP contribution in [0.3, 0.4) is 0 Å². The summed E-state index contributed by atoms with van der Waals surface area (Å²) >= 11 is 0. The molecule has 2 N–H and O–H groups in total. The van der Waals surface area contributed by atoms with Gasteiger partial charge in [0.25, 0.3) is 0 Å². The van der Waals surface area contributed by atoms with Gasteiger partial charge in [-0.1, -0.05) is 12.1 Å². The van der Waals surface area contributed by atoms with Crippen molar-refractivity contribution in [2.24, 2.45) is 0 Å². The van der Waals surface area contributed by atoms with Gasteiger partial charge in [0.15, 0.2) is 6.10 Å². The van der Waals surface area contributed by atoms with Crippen molar-refractivity contribution in [2.75, 3.05) is 11.8 Å². The topological polar surface area (TPSA) is 69.6 Å². The molecule has 1 unspecified atom stereocenters. The minimum absolute atomic E-state index is 0.0525. The van der Waals surface area contributed by atoms with Gasteiger partial charge in [0.05, 0.1) is 5.69 Å². The molecule has 0 saturated carbocycles. The molecule has 1 atom stereocenters. The number of alkyl halides is 3. The largest absolute Gasteiger partial charge is 0.418 e. The van der Waals surface area contributed by atoms with E-state index in [-0.39, 0.29) is 11.7 Å². The molecule has 1 aromatic rings. The van der Waals surface area contributed by atoms with Gasteiger partial charge < -0.3 is 5.11 Å². The van der Waals surface area contributed by atoms with E-state index in [1.54, 1.807) is 13.8 Å². The summed E-state index contributed by atoms with van der Waals surface area (Å²) in [5, 5.41) is 9.16. The minimum atomic E-state index is -4.81. The van der Waals surface area contributed by atoms with Crippen molar-refractivity contribution in [1.29, 1.82) is 0 Å². The van der Waals surface area contributed by atoms with E-state index in [0.717, 1.165) is 16.4 Å². The number of halogens is 3. The average Bonchev–Trinajstić information content (AvgIpc) is 2.35. The molecule has 0 spiro atoms. The molecule has 0 radical (unpaired) electrons. The molecule has 0 heterocycles. The number of hydrogen-bond acceptors (Lipinski definition) is 3. The fourth-order valence-electron chi connectivity index (χ4n) is 1.46. The van der Waals surface area contributed by atoms with Gasteiger partial charge in [-0.05, 0) is 31.5 Å². The molecule has 0 aliphatic carbocycles. The lowest BCUT2D eigenvalue weighted by Crippen LogP contribution is -2.37. The van der Waals surface area contributed by atoms with Crippen molar-refractivity contribution >= 4 is 15.9 Å². The Morgan fingerprint density at radius 1 is 1.29 bits per heavy atom. The fourth-order valence-corrected chi connectivity index (χ4v) is 2.58. The monoisotopic (exact) mass is 326 g/mol. The zero-order valence-corrected chi connectivity index (χ0v) is 12.5. The first kappa shape index (κ1) is 17.7. The van der Waals surface area contributed by atoms with E-state index in [9.17, 15) is 21.6 Å². The Balaban J connectivity index is 3.02. The van der Waals surface area contributed by atoms with Gasteiger partial charge in [-0.15, -0.1) is 0 Å². The van der Waals surface area contributed by atoms with Gasteiger partial charge in [0.2, 0.25) is 0 Å². The number of nitrogens with zero attached hydrogens (tertiary/aromatic N) is 1. The number of benzene rings is 1. The number of nitrogens with one attached hydrogen (secondary N) is 1. The van der Waals surface area contributed by atoms with E-state index in [1.165, 1.54) is 19.2 Å². The normalized spacial score (nSPS) is 14.5. The Kier molecular flexibility index (Phi) is 5.24. The van der Waals surface area contributed by atoms with E-state index < -0.39 is 28.1 Å². The summed E-state index contributed by atoms with van der Waals surface area (Å²) < 4.78 is 64.4. The summed E-state index contributed by atoms with van der Waals surface area (Å²) in [4.78, 5) is 0. The molecule has 1 rings (SSSR count). The summed E-state index contributed by atoms with van der Waals surface area (Å²) in [7, 11) is -2.52. The summed E-state index contributed by atoms with van der Waals surface area (Å²) in [6.45, 7) is 3.31. The standard InChI is InChI=1S/C12H17F3N2O3S/c1-8(2)17(3)21(19,20)16-10-6-4-5-9(7-10)11(18)12(13,14)15/h4-8,11,16,18H,1-3H3. The minimum Gasteiger partial charge on any atom is -0.379 e. The van der Waals surface area contributed by atoms with Crippen molar-refractivity contribution < 1.29 is 26.7 Å². The van der Waals surface area contributed by atoms with Crippen LogP contribution in [-0.4, -0.2) is 37.1 Å². The number of aliphatic hydroxyl groups excluding tert-OH is 1. The zero-order chi connectivity index (χ0) is 16.4. The lowest BCUT2D eigenvalue weighted by molar-refractivity contribution is -0.206. The van der Waals surface area contributed by atoms with E-state index in [2.05, 4.69) is 4.72 Å². The third-order valence-corrected chi connectivity index (χ3v) is 4.54. The quantitative estimate of drug-likeness (QED) is 0.872. The molecular formula is C12H17F3N2O3S. The van der Waals surface area contributed by atoms with E-state index in [4.69, 9.17) is 5.11 Å². The van der Waals surface area contributed by atoms with Crippen LogP contribution in [0.25, 0.3) is 0 Å². The van der Waals surface area contributed by atoms with Crippen molar-refractivity contribution in [3.8, 4) is 0 Å². The zero-order valence-electron chi connectivity index (χ0n) is 11.7. The molecule has 0 aromatic heterocycles. The third kappa shape index (κ3) is 4.58. The lowest BCUT2D eigenvalue weighted by atomic mass is 10.1. The van der Waals surface area contributed by atoms with Gasteiger partial charge >= 0.3 is 16.4 Å². The van der Waals surface area contributed by atoms with E-state index >= 15 is 0 Å². The van der Waals surface area contributed by atoms with Crippen molar-refractivity contribution in [3.05, 3.63) is 29.8 Å². The van der Waals surface area contributed by atoms with Crippen LogP contribution < -0.4 is 4.72 Å². The first-order valence-corrected chi connectivity index (χ1v) is 7.49. The van der Waals surface area contributed by atoms with Crippen LogP contribution >= 0.6 is 0 Å². The Hall–Kier alpha value is -1.32. The molecule has 21 heavy (non-hydrogen) atoms. The highest BCUT2D eigenvalue weighted by Crippen LogP contribution is 2.33. The van der Waals surface area contributed by atoms with Gasteiger partial charge in [0, 0.05) is 13.1 Å². The molecule has 1 aromatic carbocycles. The molecule has 120 valence electrons. The first-order valence-electron chi connectivity index (χ1n) is 6.05. The Morgan fingerprint density at radius 3 is 2.33 bits per heavy atom. The molecule has 5 nitrogen and oxygen atoms in total. The predicted molar refractivity (Wildman–Crippen MR) is 72.9 cm³/mol. The summed E-state index contributed by atoms with van der Waals surface area (Å²) in [5.74, 6) is 0. The lowest BCUT2D eigenvalue weighted by Gasteiger charge is -2.22. The second-order valence-electron chi connectivity index (χ2n) is 4.79. The Labute approximate surface area is 121 Å². The number of rotatable bonds is 5. The summed E-state index contributed by atoms with van der Waals surface area (Å²) in [6, 6.07) is 4.24. The summed E-state index contributed by atoms with van der Waals surface area (Å²) in [6.07, 6.45) is -7.48. The average molecular weight is 326 g/mol. The van der Waals surface area contributed by atoms with Crippen LogP contribution in [0.4, 0.5) is 18.9 Å². The SMILES string of the molecule is CC(C)N(C)S(=O)(=O)Nc1cccc(C(O)C(F)(F)F)c1. The molecular weight excluding hydrogens is 309 g/mol. The summed E-state index contributed by atoms with van der Waals surface area (Å²) in [5.41, 5.74) is -0.488. The van der Waals surface area contributed by atoms with Gasteiger partial charge in [-0.25, -0.2) is 0 Å². The Bertz CT molecular complexity index is 588. The third-order valence-electron chi connectivity index (χ3n) is 2.87. The number of anilines is 1. The van der Waals surface area contributed by atoms with Crippen LogP contribution in [0, 0.1) is 0 Å². The highest BCUT2D eigenvalue weighted by atomic mass is 32.2. The first-order chi connectivity index (χ1) is 9.45. The van der Waals surface area contributed by atoms with Crippen molar-refractivity contribution in [3.63, 3.8) is 0 Å². The second-order valence-corrected chi connectivity index (χ2v) is 6.52. The Morgan fingerprint density at radius 2 is 1.86 bits per heavy atom. The van der Waals surface area contributed by atoms with Crippen molar-refractivity contribution in [2.45, 2.75) is 32.2 Å². The van der Waals surface area contributed by atoms with Crippen molar-refractivity contribution in [1.82, 2.24) is 4.31 Å². The van der Waals surface area contributed by atoms with Crippen LogP contribution in [0.2, 0.25) is 0 Å². The van der Waals surface area contributed by atoms with Gasteiger partial charge in [-0.2, -0.15) is 25.9 Å². The second kappa shape index (κ2) is 6.20. The predicted octanol–water partition coefficient (Wildman–Crippen LogP) is 2.28. The number of hydrogen-bond donors (Lipinski definition) is 2. The molecule has 0 saturated heterocycles. The maximum Gasteiger partial charge on any atom is 0.418 e. The van der Waals surface area contributed by atoms with Gasteiger partial charge in [0.1, 0.15) is 0 Å². The molecule has 0 fully saturated rings. The molecule has 9 heteroatoms. The maximum atomic E-state index is 12.4. The van der Waals surface area contributed by atoms with E-state index in [1.807, 2.05) is 0 Å². The van der Waals surface area contributed by atoms with Crippen LogP contribution in [0.15, 0.2) is 24.3 Å². The van der Waals surface area contributed by atoms with Gasteiger partial charge in [-0.3, -0.25) is 4.72 Å². The molecule has 0 aliphatic heterocycles. The van der Waals surface area contributed by atoms with Crippen LogP contribution in [0.5, 0.6) is 0 Å². The van der Waals surface area contributed by atoms with E-state index in [0.29, 0.717) is 0 Å². The highest BCUT2D eigenvalue weighted by molar-refractivity contribution is 7.90. The number of aliphatic hydroxyl groups is 1.